The summed E-state index contributed by atoms with van der Waals surface area (Å²) in [5.74, 6) is 3.41. The summed E-state index contributed by atoms with van der Waals surface area (Å²) in [6, 6.07) is 14.3. The van der Waals surface area contributed by atoms with Crippen LogP contribution in [0.3, 0.4) is 0 Å². The predicted octanol–water partition coefficient (Wildman–Crippen LogP) is 9.58. The summed E-state index contributed by atoms with van der Waals surface area (Å²) in [5.41, 5.74) is 13.7. The zero-order valence-corrected chi connectivity index (χ0v) is 34.0. The lowest BCUT2D eigenvalue weighted by atomic mass is 9.36. The summed E-state index contributed by atoms with van der Waals surface area (Å²) in [6.45, 7) is 16.8. The highest BCUT2D eigenvalue weighted by atomic mass is 19.1. The van der Waals surface area contributed by atoms with E-state index >= 15 is 0 Å². The quantitative estimate of drug-likeness (QED) is 0.155. The van der Waals surface area contributed by atoms with Crippen LogP contribution in [0.15, 0.2) is 55.1 Å². The van der Waals surface area contributed by atoms with Gasteiger partial charge in [0, 0.05) is 0 Å². The van der Waals surface area contributed by atoms with Gasteiger partial charge in [-0.15, -0.1) is 6.58 Å². The molecule has 5 N–H and O–H groups in total. The number of carbonyl (C=O) groups excluding carboxylic acids is 3. The Bertz CT molecular complexity index is 1590. The Labute approximate surface area is 325 Å². The van der Waals surface area contributed by atoms with Crippen LogP contribution in [0.1, 0.15) is 139 Å². The van der Waals surface area contributed by atoms with E-state index < -0.39 is 5.82 Å². The van der Waals surface area contributed by atoms with Gasteiger partial charge in [0.05, 0.1) is 11.7 Å². The Morgan fingerprint density at radius 1 is 0.815 bits per heavy atom. The molecule has 2 aromatic carbocycles. The molecule has 298 valence electrons. The number of rotatable bonds is 6. The molecule has 0 spiro atoms. The van der Waals surface area contributed by atoms with Crippen molar-refractivity contribution in [3.05, 3.63) is 83.2 Å². The van der Waals surface area contributed by atoms with Crippen LogP contribution in [0, 0.1) is 57.1 Å². The summed E-state index contributed by atoms with van der Waals surface area (Å²) < 4.78 is 14.1. The standard InChI is InChI=1S/C42H57FO2.C3H6.2CH3NO/c1-27(44)32-25-29(13-15-35(32)43)12-11-28-8-6-9-30(24-28)26-42-20-7-10-34(42)31-14-16-37-40(4,33(31)17-23-42)21-18-36-39(2,3)38(45)19-22-41(36,37)5;1-3-2;2*2-1-3/h6,8-9,13,15,24-25,31,33-34,36-38,45H,7,10-12,14,16-23,26H2,1-5H3;3H,1H2,2H3;2*1H,(H2,2,3). The Kier molecular flexibility index (Phi) is 14.5. The van der Waals surface area contributed by atoms with Crippen LogP contribution in [0.25, 0.3) is 0 Å². The average Bonchev–Trinajstić information content (AvgIpc) is 3.55. The third-order valence-corrected chi connectivity index (χ3v) is 15.3. The van der Waals surface area contributed by atoms with Crippen LogP contribution >= 0.6 is 0 Å². The van der Waals surface area contributed by atoms with Gasteiger partial charge in [0.25, 0.3) is 0 Å². The normalized spacial score (nSPS) is 34.1. The zero-order valence-electron chi connectivity index (χ0n) is 34.0. The minimum absolute atomic E-state index is 0.0311. The number of Topliss-reactive ketones (excluding diaryl/α,β-unsaturated/α-hetero) is 1. The third kappa shape index (κ3) is 8.56. The first-order chi connectivity index (χ1) is 25.6. The lowest BCUT2D eigenvalue weighted by Gasteiger charge is -2.69. The van der Waals surface area contributed by atoms with Crippen molar-refractivity contribution in [1.29, 1.82) is 0 Å². The van der Waals surface area contributed by atoms with E-state index in [4.69, 9.17) is 9.59 Å². The average molecular weight is 745 g/mol. The third-order valence-electron chi connectivity index (χ3n) is 15.3. The second-order valence-electron chi connectivity index (χ2n) is 18.3. The lowest BCUT2D eigenvalue weighted by Crippen LogP contribution is -2.63. The molecule has 2 amide bonds. The minimum atomic E-state index is -0.421. The van der Waals surface area contributed by atoms with Gasteiger partial charge in [-0.25, -0.2) is 4.39 Å². The molecule has 6 nitrogen and oxygen atoms in total. The van der Waals surface area contributed by atoms with Crippen LogP contribution in [0.2, 0.25) is 0 Å². The molecule has 2 aromatic rings. The molecular weight excluding hydrogens is 676 g/mol. The van der Waals surface area contributed by atoms with Crippen molar-refractivity contribution in [3.63, 3.8) is 0 Å². The summed E-state index contributed by atoms with van der Waals surface area (Å²) in [7, 11) is 0. The van der Waals surface area contributed by atoms with E-state index in [2.05, 4.69) is 70.0 Å². The van der Waals surface area contributed by atoms with Gasteiger partial charge in [-0.1, -0.05) is 70.5 Å². The second-order valence-corrected chi connectivity index (χ2v) is 18.3. The number of aliphatic hydroxyl groups excluding tert-OH is 1. The van der Waals surface area contributed by atoms with E-state index in [-0.39, 0.29) is 35.7 Å². The molecule has 9 unspecified atom stereocenters. The molecule has 0 saturated heterocycles. The maximum absolute atomic E-state index is 14.1. The first-order valence-electron chi connectivity index (χ1n) is 20.5. The van der Waals surface area contributed by atoms with E-state index in [1.54, 1.807) is 12.1 Å². The number of carbonyl (C=O) groups is 3. The smallest absolute Gasteiger partial charge is 0.204 e. The van der Waals surface area contributed by atoms with Crippen LogP contribution in [-0.2, 0) is 28.9 Å². The monoisotopic (exact) mass is 745 g/mol. The number of fused-ring (bicyclic) bond motifs is 7. The van der Waals surface area contributed by atoms with Gasteiger partial charge >= 0.3 is 0 Å². The SMILES string of the molecule is C=CC.CC(=O)c1cc(CCc2cccc(CC34CCCC3C3CCC5C(C)(CCC6C(C)(C)C(O)CCC65C)C3CC4)c2)ccc1F.NC=O.NC=O. The molecule has 5 saturated carbocycles. The molecule has 5 fully saturated rings. The molecule has 0 aliphatic heterocycles. The highest BCUT2D eigenvalue weighted by molar-refractivity contribution is 5.94. The zero-order chi connectivity index (χ0) is 39.9. The number of allylic oxidation sites excluding steroid dienone is 1. The van der Waals surface area contributed by atoms with Crippen molar-refractivity contribution in [2.75, 3.05) is 0 Å². The number of hydrogen-bond acceptors (Lipinski definition) is 4. The van der Waals surface area contributed by atoms with Crippen molar-refractivity contribution < 1.29 is 23.9 Å². The molecule has 9 atom stereocenters. The molecule has 0 bridgehead atoms. The van der Waals surface area contributed by atoms with Crippen molar-refractivity contribution in [2.24, 2.45) is 62.7 Å². The first-order valence-corrected chi connectivity index (χ1v) is 20.5. The molecule has 0 heterocycles. The highest BCUT2D eigenvalue weighted by Crippen LogP contribution is 2.73. The second kappa shape index (κ2) is 18.1. The molecular formula is C47H69FN2O4. The molecule has 5 aliphatic carbocycles. The predicted molar refractivity (Wildman–Crippen MR) is 217 cm³/mol. The van der Waals surface area contributed by atoms with Crippen molar-refractivity contribution >= 4 is 18.6 Å². The highest BCUT2D eigenvalue weighted by Gasteiger charge is 2.66. The Balaban J connectivity index is 0.000000659. The molecule has 54 heavy (non-hydrogen) atoms. The van der Waals surface area contributed by atoms with Gasteiger partial charge in [0.15, 0.2) is 5.78 Å². The lowest BCUT2D eigenvalue weighted by molar-refractivity contribution is -0.214. The Morgan fingerprint density at radius 2 is 1.43 bits per heavy atom. The van der Waals surface area contributed by atoms with E-state index in [1.165, 1.54) is 94.7 Å². The van der Waals surface area contributed by atoms with Gasteiger partial charge in [0.1, 0.15) is 5.82 Å². The van der Waals surface area contributed by atoms with Crippen molar-refractivity contribution in [2.45, 2.75) is 138 Å². The number of ketones is 1. The van der Waals surface area contributed by atoms with E-state index in [0.29, 0.717) is 22.2 Å². The number of amides is 2. The van der Waals surface area contributed by atoms with Crippen LogP contribution < -0.4 is 11.5 Å². The maximum atomic E-state index is 14.1. The van der Waals surface area contributed by atoms with E-state index in [0.717, 1.165) is 48.5 Å². The number of aliphatic hydroxyl groups is 1. The Hall–Kier alpha value is -3.32. The molecule has 7 rings (SSSR count). The van der Waals surface area contributed by atoms with Crippen LogP contribution in [0.5, 0.6) is 0 Å². The maximum Gasteiger partial charge on any atom is 0.204 e. The molecule has 0 radical (unpaired) electrons. The number of hydrogen-bond donors (Lipinski definition) is 3. The fourth-order valence-electron chi connectivity index (χ4n) is 13.2. The number of primary amides is 2. The first kappa shape index (κ1) is 43.4. The van der Waals surface area contributed by atoms with Crippen LogP contribution in [-0.4, -0.2) is 29.8 Å². The van der Waals surface area contributed by atoms with Crippen LogP contribution in [0.4, 0.5) is 4.39 Å². The van der Waals surface area contributed by atoms with Crippen molar-refractivity contribution in [1.82, 2.24) is 0 Å². The van der Waals surface area contributed by atoms with Gasteiger partial charge in [-0.3, -0.25) is 14.4 Å². The Morgan fingerprint density at radius 3 is 2.07 bits per heavy atom. The van der Waals surface area contributed by atoms with Crippen molar-refractivity contribution in [3.8, 4) is 0 Å². The number of nitrogens with two attached hydrogens (primary N) is 2. The molecule has 0 aromatic heterocycles. The fourth-order valence-corrected chi connectivity index (χ4v) is 13.2. The van der Waals surface area contributed by atoms with Gasteiger partial charge in [-0.05, 0) is 177 Å². The fraction of sp³-hybridized carbons (Fsp3) is 0.638. The van der Waals surface area contributed by atoms with E-state index in [1.807, 2.05) is 13.0 Å². The van der Waals surface area contributed by atoms with E-state index in [9.17, 15) is 14.3 Å². The summed E-state index contributed by atoms with van der Waals surface area (Å²) in [4.78, 5) is 29.0. The van der Waals surface area contributed by atoms with Gasteiger partial charge < -0.3 is 16.6 Å². The molecule has 5 aliphatic rings. The molecule has 7 heteroatoms. The number of aryl methyl sites for hydroxylation is 2. The van der Waals surface area contributed by atoms with Gasteiger partial charge in [0.2, 0.25) is 12.8 Å². The summed E-state index contributed by atoms with van der Waals surface area (Å²) in [6.07, 6.45) is 19.7. The number of halogens is 1. The largest absolute Gasteiger partial charge is 0.393 e. The number of benzene rings is 2. The van der Waals surface area contributed by atoms with Gasteiger partial charge in [-0.2, -0.15) is 0 Å². The summed E-state index contributed by atoms with van der Waals surface area (Å²) in [5, 5.41) is 11.0. The minimum Gasteiger partial charge on any atom is -0.393 e. The summed E-state index contributed by atoms with van der Waals surface area (Å²) >= 11 is 0. The topological polar surface area (TPSA) is 123 Å².